The van der Waals surface area contributed by atoms with Crippen LogP contribution in [0.5, 0.6) is 0 Å². The maximum Gasteiger partial charge on any atom is 0.249 e. The molecule has 0 radical (unpaired) electrons. The highest BCUT2D eigenvalue weighted by Crippen LogP contribution is 2.26. The average molecular weight is 527 g/mol. The lowest BCUT2D eigenvalue weighted by Crippen LogP contribution is -2.48. The monoisotopic (exact) mass is 526 g/mol. The normalized spacial score (nSPS) is 18.4. The summed E-state index contributed by atoms with van der Waals surface area (Å²) >= 11 is 0. The molecule has 210 valence electrons. The maximum atomic E-state index is 13.3. The number of hydrogen-bond donors (Lipinski definition) is 1. The van der Waals surface area contributed by atoms with E-state index in [1.807, 2.05) is 12.2 Å². The van der Waals surface area contributed by atoms with E-state index in [0.29, 0.717) is 25.8 Å². The van der Waals surface area contributed by atoms with Gasteiger partial charge in [-0.25, -0.2) is 4.39 Å². The summed E-state index contributed by atoms with van der Waals surface area (Å²) in [5, 5.41) is 2.40. The van der Waals surface area contributed by atoms with E-state index in [1.54, 1.807) is 13.0 Å². The Hall–Kier alpha value is -3.02. The lowest BCUT2D eigenvalue weighted by molar-refractivity contribution is -0.140. The van der Waals surface area contributed by atoms with Crippen LogP contribution in [0, 0.1) is 5.92 Å². The zero-order valence-corrected chi connectivity index (χ0v) is 23.5. The molecule has 0 aliphatic carbocycles. The second kappa shape index (κ2) is 21.0. The third kappa shape index (κ3) is 15.3. The molecule has 0 aromatic carbocycles. The predicted molar refractivity (Wildman–Crippen MR) is 155 cm³/mol. The molecule has 1 aliphatic heterocycles. The zero-order valence-electron chi connectivity index (χ0n) is 23.5. The minimum Gasteiger partial charge on any atom is -0.330 e. The van der Waals surface area contributed by atoms with E-state index >= 15 is 0 Å². The maximum absolute atomic E-state index is 13.3. The summed E-state index contributed by atoms with van der Waals surface area (Å²) in [7, 11) is 0. The molecule has 5 nitrogen and oxygen atoms in total. The molecule has 1 fully saturated rings. The van der Waals surface area contributed by atoms with Crippen LogP contribution in [0.1, 0.15) is 85.0 Å². The van der Waals surface area contributed by atoms with E-state index in [-0.39, 0.29) is 24.7 Å². The quantitative estimate of drug-likeness (QED) is 0.194. The summed E-state index contributed by atoms with van der Waals surface area (Å²) in [4.78, 5) is 38.6. The molecule has 3 atom stereocenters. The van der Waals surface area contributed by atoms with Crippen molar-refractivity contribution in [3.8, 4) is 0 Å². The largest absolute Gasteiger partial charge is 0.330 e. The first-order valence-electron chi connectivity index (χ1n) is 14.1. The molecule has 1 N–H and O–H groups in total. The Morgan fingerprint density at radius 2 is 1.34 bits per heavy atom. The molecule has 3 amide bonds. The first kappa shape index (κ1) is 33.0. The molecular weight excluding hydrogens is 479 g/mol. The van der Waals surface area contributed by atoms with Crippen LogP contribution in [0.4, 0.5) is 4.39 Å². The van der Waals surface area contributed by atoms with Crippen molar-refractivity contribution in [2.24, 2.45) is 5.92 Å². The van der Waals surface area contributed by atoms with Crippen LogP contribution >= 0.6 is 0 Å². The van der Waals surface area contributed by atoms with E-state index in [9.17, 15) is 18.8 Å². The number of imide groups is 1. The van der Waals surface area contributed by atoms with E-state index in [1.165, 1.54) is 11.8 Å². The molecule has 0 saturated carbocycles. The number of alkyl halides is 1. The van der Waals surface area contributed by atoms with E-state index in [2.05, 4.69) is 66.9 Å². The van der Waals surface area contributed by atoms with Crippen molar-refractivity contribution in [2.75, 3.05) is 6.54 Å². The van der Waals surface area contributed by atoms with Gasteiger partial charge in [0.25, 0.3) is 0 Å². The molecular formula is C32H47FN2O3. The van der Waals surface area contributed by atoms with Gasteiger partial charge in [-0.15, -0.1) is 0 Å². The molecule has 1 saturated heterocycles. The van der Waals surface area contributed by atoms with Crippen molar-refractivity contribution < 1.29 is 18.8 Å². The number of rotatable bonds is 18. The smallest absolute Gasteiger partial charge is 0.249 e. The van der Waals surface area contributed by atoms with Crippen molar-refractivity contribution in [2.45, 2.75) is 97.2 Å². The van der Waals surface area contributed by atoms with Crippen LogP contribution in [-0.2, 0) is 14.4 Å². The minimum atomic E-state index is -0.982. The molecule has 0 bridgehead atoms. The molecule has 0 aromatic rings. The van der Waals surface area contributed by atoms with E-state index < -0.39 is 24.0 Å². The van der Waals surface area contributed by atoms with E-state index in [4.69, 9.17) is 0 Å². The van der Waals surface area contributed by atoms with Crippen molar-refractivity contribution >= 4 is 17.7 Å². The number of carbonyl (C=O) groups is 3. The third-order valence-corrected chi connectivity index (χ3v) is 6.12. The van der Waals surface area contributed by atoms with Gasteiger partial charge in [-0.05, 0) is 64.2 Å². The van der Waals surface area contributed by atoms with Crippen LogP contribution in [0.25, 0.3) is 0 Å². The van der Waals surface area contributed by atoms with Crippen LogP contribution in [0.2, 0.25) is 0 Å². The Balaban J connectivity index is 2.21. The number of amides is 3. The summed E-state index contributed by atoms with van der Waals surface area (Å²) in [5.41, 5.74) is 0. The minimum absolute atomic E-state index is 0.0843. The zero-order chi connectivity index (χ0) is 28.0. The van der Waals surface area contributed by atoms with Gasteiger partial charge in [-0.3, -0.25) is 19.7 Å². The summed E-state index contributed by atoms with van der Waals surface area (Å²) in [6.45, 7) is 5.78. The third-order valence-electron chi connectivity index (χ3n) is 6.12. The first-order chi connectivity index (χ1) is 18.4. The summed E-state index contributed by atoms with van der Waals surface area (Å²) in [5.74, 6) is -1.10. The van der Waals surface area contributed by atoms with Crippen LogP contribution < -0.4 is 5.32 Å². The number of nitrogens with zero attached hydrogens (tertiary/aromatic N) is 1. The molecule has 1 heterocycles. The Kier molecular flexibility index (Phi) is 18.2. The van der Waals surface area contributed by atoms with Gasteiger partial charge in [0.1, 0.15) is 6.04 Å². The Morgan fingerprint density at radius 3 is 1.79 bits per heavy atom. The van der Waals surface area contributed by atoms with Crippen molar-refractivity contribution in [3.05, 3.63) is 72.9 Å². The summed E-state index contributed by atoms with van der Waals surface area (Å²) in [6.07, 6.45) is 30.7. The van der Waals surface area contributed by atoms with Gasteiger partial charge >= 0.3 is 0 Å². The van der Waals surface area contributed by atoms with Crippen LogP contribution in [0.15, 0.2) is 72.9 Å². The van der Waals surface area contributed by atoms with Crippen LogP contribution in [0.3, 0.4) is 0 Å². The Morgan fingerprint density at radius 1 is 0.868 bits per heavy atom. The first-order valence-corrected chi connectivity index (χ1v) is 14.1. The average Bonchev–Trinajstić information content (AvgIpc) is 3.22. The fourth-order valence-corrected chi connectivity index (χ4v) is 4.26. The van der Waals surface area contributed by atoms with Gasteiger partial charge in [0.05, 0.1) is 6.17 Å². The second-order valence-electron chi connectivity index (χ2n) is 9.59. The van der Waals surface area contributed by atoms with Gasteiger partial charge in [0.2, 0.25) is 17.7 Å². The summed E-state index contributed by atoms with van der Waals surface area (Å²) in [6, 6.07) is -0.698. The lowest BCUT2D eigenvalue weighted by Gasteiger charge is -2.26. The van der Waals surface area contributed by atoms with Gasteiger partial charge in [0.15, 0.2) is 0 Å². The standard InChI is InChI=1S/C32H47FN2O3/c1-4-6-7-8-9-10-11-12-13-14-15-16-17-18-19-20-21-22-23-30(36)34-32(38)29(5-2)35-26-28(24-27(3)33)25-31(35)37/h6-7,9-10,12-13,15-16,18-19,21-22,27-29H,4-5,8,11,14,17,20,23-26H2,1-3H3,(H,34,36,38). The molecule has 0 spiro atoms. The van der Waals surface area contributed by atoms with Crippen molar-refractivity contribution in [3.63, 3.8) is 0 Å². The van der Waals surface area contributed by atoms with Crippen molar-refractivity contribution in [1.29, 1.82) is 0 Å². The number of hydrogen-bond acceptors (Lipinski definition) is 3. The molecule has 1 rings (SSSR count). The topological polar surface area (TPSA) is 66.5 Å². The highest BCUT2D eigenvalue weighted by atomic mass is 19.1. The highest BCUT2D eigenvalue weighted by Gasteiger charge is 2.37. The summed E-state index contributed by atoms with van der Waals surface area (Å²) < 4.78 is 13.3. The fraction of sp³-hybridized carbons (Fsp3) is 0.531. The van der Waals surface area contributed by atoms with Crippen molar-refractivity contribution in [1.82, 2.24) is 10.2 Å². The Labute approximate surface area is 229 Å². The Bertz CT molecular complexity index is 883. The van der Waals surface area contributed by atoms with Gasteiger partial charge in [0, 0.05) is 19.4 Å². The van der Waals surface area contributed by atoms with Gasteiger partial charge < -0.3 is 4.90 Å². The number of allylic oxidation sites excluding steroid dienone is 11. The fourth-order valence-electron chi connectivity index (χ4n) is 4.26. The number of likely N-dealkylation sites (tertiary alicyclic amines) is 1. The molecule has 0 aromatic heterocycles. The lowest BCUT2D eigenvalue weighted by atomic mass is 10.0. The molecule has 1 aliphatic rings. The molecule has 38 heavy (non-hydrogen) atoms. The number of halogens is 1. The highest BCUT2D eigenvalue weighted by molar-refractivity contribution is 5.99. The van der Waals surface area contributed by atoms with Gasteiger partial charge in [-0.2, -0.15) is 0 Å². The predicted octanol–water partition coefficient (Wildman–Crippen LogP) is 7.09. The number of carbonyl (C=O) groups excluding carboxylic acids is 3. The van der Waals surface area contributed by atoms with E-state index in [0.717, 1.165) is 32.1 Å². The number of nitrogens with one attached hydrogen (secondary N) is 1. The molecule has 6 heteroatoms. The van der Waals surface area contributed by atoms with Crippen LogP contribution in [-0.4, -0.2) is 41.4 Å². The SMILES string of the molecule is CCC=CCC=CCC=CCC=CCC=CCC=CCC(=O)NC(=O)C(CC)N1CC(CC(C)F)CC1=O. The second-order valence-corrected chi connectivity index (χ2v) is 9.59. The van der Waals surface area contributed by atoms with Gasteiger partial charge in [-0.1, -0.05) is 86.8 Å². The molecule has 3 unspecified atom stereocenters.